The highest BCUT2D eigenvalue weighted by Gasteiger charge is 2.48. The quantitative estimate of drug-likeness (QED) is 0.0820. The van der Waals surface area contributed by atoms with E-state index in [1.807, 2.05) is 31.2 Å². The number of aliphatic hydroxyl groups excluding tert-OH is 1. The molecule has 0 unspecified atom stereocenters. The Morgan fingerprint density at radius 1 is 1.07 bits per heavy atom. The summed E-state index contributed by atoms with van der Waals surface area (Å²) in [4.78, 5) is 28.2. The van der Waals surface area contributed by atoms with Gasteiger partial charge in [0.05, 0.1) is 11.6 Å². The Morgan fingerprint density at radius 2 is 1.88 bits per heavy atom. The summed E-state index contributed by atoms with van der Waals surface area (Å²) >= 11 is 14.9. The number of thioether (sulfide) groups is 1. The molecule has 0 aliphatic carbocycles. The van der Waals surface area contributed by atoms with E-state index in [9.17, 15) is 14.7 Å². The smallest absolute Gasteiger partial charge is 0.301 e. The number of hydrogen-bond acceptors (Lipinski definition) is 8. The fourth-order valence-corrected chi connectivity index (χ4v) is 6.98. The molecule has 1 fully saturated rings. The number of amides is 1. The SMILES string of the molecule is C[C@H]1Cc2cc(/C(O)=C3\C(=O)C(=O)N(c4nnc(SCc5ccc(Cl)cc5)s4)[C@@H]3c3cccc(Cl)c3)ccc2O1. The molecule has 4 aromatic rings. The minimum Gasteiger partial charge on any atom is -0.507 e. The second-order valence-electron chi connectivity index (χ2n) is 9.44. The van der Waals surface area contributed by atoms with Crippen molar-refractivity contribution in [2.24, 2.45) is 0 Å². The number of hydrogen-bond donors (Lipinski definition) is 1. The van der Waals surface area contributed by atoms with Crippen molar-refractivity contribution < 1.29 is 19.4 Å². The Balaban J connectivity index is 1.38. The molecular weight excluding hydrogens is 589 g/mol. The summed E-state index contributed by atoms with van der Waals surface area (Å²) in [5.74, 6) is -0.500. The van der Waals surface area contributed by atoms with Crippen molar-refractivity contribution in [3.8, 4) is 5.75 Å². The molecule has 2 aliphatic rings. The van der Waals surface area contributed by atoms with Gasteiger partial charge in [0.15, 0.2) is 4.34 Å². The van der Waals surface area contributed by atoms with Gasteiger partial charge < -0.3 is 9.84 Å². The van der Waals surface area contributed by atoms with Crippen molar-refractivity contribution >= 4 is 68.9 Å². The lowest BCUT2D eigenvalue weighted by molar-refractivity contribution is -0.132. The number of rotatable bonds is 6. The molecule has 2 atom stereocenters. The molecule has 0 saturated carbocycles. The predicted molar refractivity (Wildman–Crippen MR) is 157 cm³/mol. The molecule has 0 spiro atoms. The highest BCUT2D eigenvalue weighted by Crippen LogP contribution is 2.45. The Morgan fingerprint density at radius 3 is 2.65 bits per heavy atom. The zero-order chi connectivity index (χ0) is 28.0. The van der Waals surface area contributed by atoms with E-state index in [0.29, 0.717) is 37.7 Å². The maximum atomic E-state index is 13.5. The first kappa shape index (κ1) is 26.8. The van der Waals surface area contributed by atoms with Crippen LogP contribution in [0.1, 0.15) is 35.2 Å². The number of aliphatic hydroxyl groups is 1. The Labute approximate surface area is 248 Å². The van der Waals surface area contributed by atoms with E-state index in [0.717, 1.165) is 16.9 Å². The Bertz CT molecular complexity index is 1670. The molecule has 11 heteroatoms. The van der Waals surface area contributed by atoms with Crippen LogP contribution in [0, 0.1) is 0 Å². The number of benzene rings is 3. The zero-order valence-corrected chi connectivity index (χ0v) is 24.2. The van der Waals surface area contributed by atoms with Crippen molar-refractivity contribution in [1.29, 1.82) is 0 Å². The maximum Gasteiger partial charge on any atom is 0.301 e. The molecular formula is C29H21Cl2N3O4S2. The average molecular weight is 611 g/mol. The Kier molecular flexibility index (Phi) is 7.31. The fraction of sp³-hybridized carbons (Fsp3) is 0.172. The zero-order valence-electron chi connectivity index (χ0n) is 21.0. The standard InChI is InChI=1S/C29H21Cl2N3O4S2/c1-15-11-19-12-18(7-10-22(19)38-15)25(35)23-24(17-3-2-4-21(31)13-17)34(27(37)26(23)36)28-32-33-29(40-28)39-14-16-5-8-20(30)9-6-16/h2-10,12-13,15,24,35H,11,14H2,1H3/b25-23+/t15-,24+/m0/s1. The predicted octanol–water partition coefficient (Wildman–Crippen LogP) is 7.09. The summed E-state index contributed by atoms with van der Waals surface area (Å²) in [7, 11) is 0. The molecule has 1 amide bonds. The molecule has 3 aromatic carbocycles. The number of carbonyl (C=O) groups is 2. The third-order valence-electron chi connectivity index (χ3n) is 6.66. The second-order valence-corrected chi connectivity index (χ2v) is 12.5. The lowest BCUT2D eigenvalue weighted by Crippen LogP contribution is -2.29. The molecule has 0 bridgehead atoms. The average Bonchev–Trinajstić information content (AvgIpc) is 3.63. The highest BCUT2D eigenvalue weighted by atomic mass is 35.5. The summed E-state index contributed by atoms with van der Waals surface area (Å²) in [6, 6.07) is 18.7. The van der Waals surface area contributed by atoms with E-state index in [1.54, 1.807) is 42.5 Å². The maximum absolute atomic E-state index is 13.5. The molecule has 40 heavy (non-hydrogen) atoms. The van der Waals surface area contributed by atoms with Gasteiger partial charge in [0.1, 0.15) is 17.6 Å². The fourth-order valence-electron chi connectivity index (χ4n) is 4.83. The number of aromatic nitrogens is 2. The molecule has 2 aliphatic heterocycles. The third-order valence-corrected chi connectivity index (χ3v) is 9.27. The number of ether oxygens (including phenoxy) is 1. The van der Waals surface area contributed by atoms with E-state index in [2.05, 4.69) is 10.2 Å². The van der Waals surface area contributed by atoms with Gasteiger partial charge in [0.2, 0.25) is 5.13 Å². The van der Waals surface area contributed by atoms with Gasteiger partial charge in [-0.25, -0.2) is 0 Å². The molecule has 7 nitrogen and oxygen atoms in total. The van der Waals surface area contributed by atoms with Crippen LogP contribution in [-0.4, -0.2) is 33.1 Å². The van der Waals surface area contributed by atoms with Crippen LogP contribution in [0.25, 0.3) is 5.76 Å². The van der Waals surface area contributed by atoms with Crippen LogP contribution in [0.5, 0.6) is 5.75 Å². The van der Waals surface area contributed by atoms with Crippen LogP contribution < -0.4 is 9.64 Å². The number of Topliss-reactive ketones (excluding diaryl/α,β-unsaturated/α-hetero) is 1. The van der Waals surface area contributed by atoms with Gasteiger partial charge >= 0.3 is 5.91 Å². The molecule has 1 N–H and O–H groups in total. The second kappa shape index (κ2) is 10.9. The first-order chi connectivity index (χ1) is 19.3. The largest absolute Gasteiger partial charge is 0.507 e. The number of ketones is 1. The van der Waals surface area contributed by atoms with Crippen LogP contribution in [0.2, 0.25) is 10.0 Å². The van der Waals surface area contributed by atoms with E-state index in [-0.39, 0.29) is 22.6 Å². The summed E-state index contributed by atoms with van der Waals surface area (Å²) in [6.07, 6.45) is 0.706. The molecule has 3 heterocycles. The first-order valence-corrected chi connectivity index (χ1v) is 14.9. The van der Waals surface area contributed by atoms with E-state index in [4.69, 9.17) is 27.9 Å². The topological polar surface area (TPSA) is 92.6 Å². The van der Waals surface area contributed by atoms with Crippen molar-refractivity contribution in [2.45, 2.75) is 35.6 Å². The van der Waals surface area contributed by atoms with Gasteiger partial charge in [-0.05, 0) is 66.1 Å². The first-order valence-electron chi connectivity index (χ1n) is 12.4. The summed E-state index contributed by atoms with van der Waals surface area (Å²) < 4.78 is 6.41. The van der Waals surface area contributed by atoms with E-state index >= 15 is 0 Å². The number of carbonyl (C=O) groups excluding carboxylic acids is 2. The minimum absolute atomic E-state index is 0.0218. The van der Waals surface area contributed by atoms with Crippen LogP contribution in [0.4, 0.5) is 5.13 Å². The van der Waals surface area contributed by atoms with Gasteiger partial charge in [-0.2, -0.15) is 0 Å². The van der Waals surface area contributed by atoms with Crippen LogP contribution in [0.15, 0.2) is 76.6 Å². The van der Waals surface area contributed by atoms with Gasteiger partial charge in [-0.15, -0.1) is 10.2 Å². The number of fused-ring (bicyclic) bond motifs is 1. The van der Waals surface area contributed by atoms with Crippen LogP contribution in [0.3, 0.4) is 0 Å². The molecule has 1 aromatic heterocycles. The van der Waals surface area contributed by atoms with Crippen molar-refractivity contribution in [3.63, 3.8) is 0 Å². The molecule has 6 rings (SSSR count). The lowest BCUT2D eigenvalue weighted by Gasteiger charge is -2.22. The minimum atomic E-state index is -0.941. The number of nitrogens with zero attached hydrogens (tertiary/aromatic N) is 3. The van der Waals surface area contributed by atoms with Gasteiger partial charge in [-0.3, -0.25) is 14.5 Å². The van der Waals surface area contributed by atoms with Crippen molar-refractivity contribution in [2.75, 3.05) is 4.90 Å². The normalized spacial score (nSPS) is 19.6. The number of halogens is 2. The van der Waals surface area contributed by atoms with Crippen LogP contribution >= 0.6 is 46.3 Å². The van der Waals surface area contributed by atoms with Gasteiger partial charge in [0.25, 0.3) is 5.78 Å². The van der Waals surface area contributed by atoms with Gasteiger partial charge in [0, 0.05) is 27.8 Å². The lowest BCUT2D eigenvalue weighted by atomic mass is 9.94. The highest BCUT2D eigenvalue weighted by molar-refractivity contribution is 8.00. The monoisotopic (exact) mass is 609 g/mol. The van der Waals surface area contributed by atoms with Crippen LogP contribution in [-0.2, 0) is 21.8 Å². The number of anilines is 1. The third kappa shape index (κ3) is 5.10. The van der Waals surface area contributed by atoms with E-state index in [1.165, 1.54) is 28.0 Å². The van der Waals surface area contributed by atoms with E-state index < -0.39 is 17.7 Å². The molecule has 1 saturated heterocycles. The summed E-state index contributed by atoms with van der Waals surface area (Å²) in [6.45, 7) is 1.97. The van der Waals surface area contributed by atoms with Crippen molar-refractivity contribution in [1.82, 2.24) is 10.2 Å². The Hall–Kier alpha value is -3.37. The molecule has 202 valence electrons. The molecule has 0 radical (unpaired) electrons. The summed E-state index contributed by atoms with van der Waals surface area (Å²) in [5.41, 5.74) is 2.94. The van der Waals surface area contributed by atoms with Crippen molar-refractivity contribution in [3.05, 3.63) is 105 Å². The van der Waals surface area contributed by atoms with Gasteiger partial charge in [-0.1, -0.05) is 70.6 Å². The summed E-state index contributed by atoms with van der Waals surface area (Å²) in [5, 5.41) is 21.3.